The molecule has 33 heavy (non-hydrogen) atoms. The summed E-state index contributed by atoms with van der Waals surface area (Å²) in [5.74, 6) is 0.465. The number of anilines is 1. The zero-order chi connectivity index (χ0) is 22.9. The van der Waals surface area contributed by atoms with Crippen molar-refractivity contribution in [3.05, 3.63) is 126 Å². The summed E-state index contributed by atoms with van der Waals surface area (Å²) in [5.41, 5.74) is 2.40. The first-order valence-electron chi connectivity index (χ1n) is 10.4. The number of benzene rings is 3. The molecule has 5 nitrogen and oxygen atoms in total. The predicted molar refractivity (Wildman–Crippen MR) is 132 cm³/mol. The van der Waals surface area contributed by atoms with Crippen LogP contribution in [0.2, 0.25) is 0 Å². The van der Waals surface area contributed by atoms with Crippen molar-refractivity contribution in [1.29, 1.82) is 0 Å². The molecule has 164 valence electrons. The van der Waals surface area contributed by atoms with Crippen LogP contribution in [0.4, 0.5) is 5.69 Å². The standard InChI is InChI=1S/C27H22N2O3S/c30-26(21-11-5-2-6-12-21)29-25(18-23-14-8-16-32-23)27(31)28-22-13-7-15-24(17-22)33-19-20-9-3-1-4-10-20/h1-18H,19H2,(H,28,31)(H,29,30)/b25-18+. The highest BCUT2D eigenvalue weighted by Crippen LogP contribution is 2.25. The lowest BCUT2D eigenvalue weighted by Gasteiger charge is -2.12. The van der Waals surface area contributed by atoms with Gasteiger partial charge in [0.15, 0.2) is 0 Å². The lowest BCUT2D eigenvalue weighted by molar-refractivity contribution is -0.113. The fourth-order valence-corrected chi connectivity index (χ4v) is 3.97. The maximum absolute atomic E-state index is 13.1. The summed E-state index contributed by atoms with van der Waals surface area (Å²) in [6.07, 6.45) is 3.01. The molecule has 0 unspecified atom stereocenters. The van der Waals surface area contributed by atoms with Crippen LogP contribution in [0.25, 0.3) is 6.08 Å². The lowest BCUT2D eigenvalue weighted by Crippen LogP contribution is -2.30. The number of nitrogens with one attached hydrogen (secondary N) is 2. The summed E-state index contributed by atoms with van der Waals surface area (Å²) in [4.78, 5) is 26.7. The van der Waals surface area contributed by atoms with Crippen LogP contribution in [0.3, 0.4) is 0 Å². The highest BCUT2D eigenvalue weighted by atomic mass is 32.2. The Kier molecular flexibility index (Phi) is 7.40. The Labute approximate surface area is 196 Å². The molecule has 1 heterocycles. The first kappa shape index (κ1) is 22.2. The SMILES string of the molecule is O=C(Nc1cccc(SCc2ccccc2)c1)/C(=C\c1ccco1)NC(=O)c1ccccc1. The van der Waals surface area contributed by atoms with Crippen LogP contribution in [0.1, 0.15) is 21.7 Å². The van der Waals surface area contributed by atoms with E-state index < -0.39 is 5.91 Å². The van der Waals surface area contributed by atoms with Crippen LogP contribution in [0, 0.1) is 0 Å². The van der Waals surface area contributed by atoms with Gasteiger partial charge in [0.05, 0.1) is 6.26 Å². The quantitative estimate of drug-likeness (QED) is 0.254. The van der Waals surface area contributed by atoms with Gasteiger partial charge in [-0.25, -0.2) is 0 Å². The van der Waals surface area contributed by atoms with Gasteiger partial charge in [-0.1, -0.05) is 54.6 Å². The molecule has 0 aliphatic rings. The fourth-order valence-electron chi connectivity index (χ4n) is 3.06. The third-order valence-electron chi connectivity index (χ3n) is 4.70. The Balaban J connectivity index is 1.48. The van der Waals surface area contributed by atoms with E-state index in [1.807, 2.05) is 48.5 Å². The van der Waals surface area contributed by atoms with Crippen LogP contribution in [0.15, 0.2) is 118 Å². The van der Waals surface area contributed by atoms with Crippen LogP contribution in [-0.4, -0.2) is 11.8 Å². The molecule has 4 aromatic rings. The van der Waals surface area contributed by atoms with Crippen LogP contribution in [-0.2, 0) is 10.5 Å². The molecule has 3 aromatic carbocycles. The fraction of sp³-hybridized carbons (Fsp3) is 0.0370. The Morgan fingerprint density at radius 1 is 0.848 bits per heavy atom. The van der Waals surface area contributed by atoms with Crippen molar-refractivity contribution in [1.82, 2.24) is 5.32 Å². The minimum absolute atomic E-state index is 0.0844. The predicted octanol–water partition coefficient (Wildman–Crippen LogP) is 5.98. The highest BCUT2D eigenvalue weighted by Gasteiger charge is 2.16. The van der Waals surface area contributed by atoms with Crippen LogP contribution < -0.4 is 10.6 Å². The average molecular weight is 455 g/mol. The molecular weight excluding hydrogens is 432 g/mol. The third-order valence-corrected chi connectivity index (χ3v) is 5.76. The van der Waals surface area contributed by atoms with E-state index in [1.165, 1.54) is 17.9 Å². The molecule has 2 N–H and O–H groups in total. The van der Waals surface area contributed by atoms with Gasteiger partial charge >= 0.3 is 0 Å². The van der Waals surface area contributed by atoms with Crippen molar-refractivity contribution < 1.29 is 14.0 Å². The van der Waals surface area contributed by atoms with Gasteiger partial charge in [-0.2, -0.15) is 0 Å². The van der Waals surface area contributed by atoms with Crippen LogP contribution >= 0.6 is 11.8 Å². The second-order valence-corrected chi connectivity index (χ2v) is 8.20. The number of hydrogen-bond acceptors (Lipinski definition) is 4. The minimum atomic E-state index is -0.444. The normalized spacial score (nSPS) is 11.1. The summed E-state index contributed by atoms with van der Waals surface area (Å²) in [6, 6.07) is 30.0. The van der Waals surface area contributed by atoms with E-state index in [9.17, 15) is 9.59 Å². The zero-order valence-electron chi connectivity index (χ0n) is 17.7. The molecule has 0 aliphatic heterocycles. The molecule has 0 spiro atoms. The molecule has 0 saturated heterocycles. The minimum Gasteiger partial charge on any atom is -0.465 e. The second-order valence-electron chi connectivity index (χ2n) is 7.15. The molecule has 2 amide bonds. The largest absolute Gasteiger partial charge is 0.465 e. The third kappa shape index (κ3) is 6.48. The Morgan fingerprint density at radius 3 is 2.33 bits per heavy atom. The molecule has 1 aromatic heterocycles. The molecule has 0 bridgehead atoms. The van der Waals surface area contributed by atoms with Crippen molar-refractivity contribution in [3.8, 4) is 0 Å². The molecule has 6 heteroatoms. The van der Waals surface area contributed by atoms with Gasteiger partial charge in [0.25, 0.3) is 11.8 Å². The van der Waals surface area contributed by atoms with E-state index in [0.717, 1.165) is 10.6 Å². The summed E-state index contributed by atoms with van der Waals surface area (Å²) < 4.78 is 5.33. The van der Waals surface area contributed by atoms with Gasteiger partial charge in [0, 0.05) is 28.0 Å². The maximum atomic E-state index is 13.1. The number of furan rings is 1. The van der Waals surface area contributed by atoms with Crippen LogP contribution in [0.5, 0.6) is 0 Å². The number of thioether (sulfide) groups is 1. The lowest BCUT2D eigenvalue weighted by atomic mass is 10.2. The van der Waals surface area contributed by atoms with E-state index in [4.69, 9.17) is 4.42 Å². The molecule has 0 atom stereocenters. The van der Waals surface area contributed by atoms with Gasteiger partial charge in [0.2, 0.25) is 0 Å². The monoisotopic (exact) mass is 454 g/mol. The maximum Gasteiger partial charge on any atom is 0.272 e. The van der Waals surface area contributed by atoms with Crippen molar-refractivity contribution in [2.24, 2.45) is 0 Å². The number of carbonyl (C=O) groups is 2. The van der Waals surface area contributed by atoms with Gasteiger partial charge in [-0.3, -0.25) is 9.59 Å². The Morgan fingerprint density at radius 2 is 1.61 bits per heavy atom. The van der Waals surface area contributed by atoms with Gasteiger partial charge < -0.3 is 15.1 Å². The van der Waals surface area contributed by atoms with Gasteiger partial charge in [-0.05, 0) is 48.0 Å². The Bertz CT molecular complexity index is 1240. The van der Waals surface area contributed by atoms with Gasteiger partial charge in [-0.15, -0.1) is 11.8 Å². The second kappa shape index (κ2) is 11.0. The van der Waals surface area contributed by atoms with E-state index in [0.29, 0.717) is 17.0 Å². The number of amides is 2. The summed E-state index contributed by atoms with van der Waals surface area (Å²) in [6.45, 7) is 0. The molecule has 0 radical (unpaired) electrons. The number of rotatable bonds is 8. The van der Waals surface area contributed by atoms with Gasteiger partial charge in [0.1, 0.15) is 11.5 Å². The van der Waals surface area contributed by atoms with E-state index in [2.05, 4.69) is 22.8 Å². The summed E-state index contributed by atoms with van der Waals surface area (Å²) in [5, 5.41) is 5.57. The number of hydrogen-bond donors (Lipinski definition) is 2. The Hall–Kier alpha value is -4.03. The highest BCUT2D eigenvalue weighted by molar-refractivity contribution is 7.98. The first-order valence-corrected chi connectivity index (χ1v) is 11.4. The summed E-state index contributed by atoms with van der Waals surface area (Å²) in [7, 11) is 0. The van der Waals surface area contributed by atoms with Crippen molar-refractivity contribution in [2.45, 2.75) is 10.6 Å². The van der Waals surface area contributed by atoms with Crippen molar-refractivity contribution >= 4 is 35.3 Å². The first-order chi connectivity index (χ1) is 16.2. The molecule has 0 aliphatic carbocycles. The molecule has 0 saturated carbocycles. The van der Waals surface area contributed by atoms with E-state index >= 15 is 0 Å². The average Bonchev–Trinajstić information content (AvgIpc) is 3.37. The van der Waals surface area contributed by atoms with Crippen molar-refractivity contribution in [2.75, 3.05) is 5.32 Å². The molecule has 0 fully saturated rings. The topological polar surface area (TPSA) is 71.3 Å². The number of carbonyl (C=O) groups excluding carboxylic acids is 2. The van der Waals surface area contributed by atoms with Crippen molar-refractivity contribution in [3.63, 3.8) is 0 Å². The zero-order valence-corrected chi connectivity index (χ0v) is 18.5. The molecule has 4 rings (SSSR count). The van der Waals surface area contributed by atoms with E-state index in [-0.39, 0.29) is 11.6 Å². The van der Waals surface area contributed by atoms with E-state index in [1.54, 1.807) is 48.2 Å². The molecular formula is C27H22N2O3S. The smallest absolute Gasteiger partial charge is 0.272 e. The summed E-state index contributed by atoms with van der Waals surface area (Å²) >= 11 is 1.68.